The zero-order valence-electron chi connectivity index (χ0n) is 34.4. The molecule has 63 heavy (non-hydrogen) atoms. The number of fused-ring (bicyclic) bond motifs is 9. The summed E-state index contributed by atoms with van der Waals surface area (Å²) < 4.78 is 21.3. The van der Waals surface area contributed by atoms with E-state index in [2.05, 4.69) is 196 Å². The maximum atomic E-state index is 7.27. The van der Waals surface area contributed by atoms with Gasteiger partial charge >= 0.3 is 8.24 Å². The van der Waals surface area contributed by atoms with Gasteiger partial charge < -0.3 is 12.9 Å². The lowest BCUT2D eigenvalue weighted by molar-refractivity contribution is 0.500. The van der Waals surface area contributed by atoms with Gasteiger partial charge in [-0.15, -0.1) is 0 Å². The first kappa shape index (κ1) is 38.5. The van der Waals surface area contributed by atoms with E-state index in [0.29, 0.717) is 16.9 Å². The van der Waals surface area contributed by atoms with Crippen LogP contribution in [0.3, 0.4) is 0 Å². The van der Waals surface area contributed by atoms with Crippen LogP contribution in [0.2, 0.25) is 0 Å². The Kier molecular flexibility index (Phi) is 9.86. The molecule has 0 saturated heterocycles. The highest BCUT2D eigenvalue weighted by Gasteiger charge is 2.26. The second kappa shape index (κ2) is 16.1. The molecule has 0 saturated carbocycles. The fourth-order valence-corrected chi connectivity index (χ4v) is 12.5. The maximum Gasteiger partial charge on any atom is 0.453 e. The van der Waals surface area contributed by atoms with Crippen molar-refractivity contribution in [1.82, 2.24) is 0 Å². The van der Waals surface area contributed by atoms with Crippen LogP contribution < -0.4 is 20.4 Å². The van der Waals surface area contributed by atoms with Gasteiger partial charge in [-0.25, -0.2) is 0 Å². The Labute approximate surface area is 367 Å². The van der Waals surface area contributed by atoms with Crippen molar-refractivity contribution in [3.05, 3.63) is 224 Å². The highest BCUT2D eigenvalue weighted by molar-refractivity contribution is 7.80. The Bertz CT molecular complexity index is 3520. The molecule has 0 bridgehead atoms. The zero-order chi connectivity index (χ0) is 42.4. The van der Waals surface area contributed by atoms with Crippen molar-refractivity contribution >= 4 is 115 Å². The smallest absolute Gasteiger partial charge is 0.390 e. The molecular weight excluding hydrogens is 807 g/mol. The molecule has 1 aromatic heterocycles. The Morgan fingerprint density at radius 1 is 0.413 bits per heavy atom. The third-order valence-corrected chi connectivity index (χ3v) is 15.4. The monoisotopic (exact) mass is 846 g/mol. The van der Waals surface area contributed by atoms with Crippen LogP contribution in [0.15, 0.2) is 216 Å². The lowest BCUT2D eigenvalue weighted by Gasteiger charge is -2.25. The van der Waals surface area contributed by atoms with Gasteiger partial charge in [0.1, 0.15) is 16.9 Å². The highest BCUT2D eigenvalue weighted by atomic mass is 31.1. The molecule has 5 heteroatoms. The van der Waals surface area contributed by atoms with Gasteiger partial charge in [-0.1, -0.05) is 190 Å². The third kappa shape index (κ3) is 6.84. The molecule has 0 N–H and O–H groups in total. The zero-order valence-corrected chi connectivity index (χ0v) is 36.2. The Hall–Kier alpha value is -7.41. The van der Waals surface area contributed by atoms with Crippen molar-refractivity contribution in [2.45, 2.75) is 0 Å². The van der Waals surface area contributed by atoms with Gasteiger partial charge in [0.2, 0.25) is 0 Å². The average molecular weight is 847 g/mol. The first-order chi connectivity index (χ1) is 31.1. The largest absolute Gasteiger partial charge is 0.453 e. The van der Waals surface area contributed by atoms with Gasteiger partial charge in [0.25, 0.3) is 0 Å². The number of benzene rings is 10. The molecule has 3 nitrogen and oxygen atoms in total. The normalized spacial score (nSPS) is 11.5. The van der Waals surface area contributed by atoms with Crippen LogP contribution >= 0.6 is 16.2 Å². The van der Waals surface area contributed by atoms with Crippen LogP contribution in [0, 0.1) is 0 Å². The lowest BCUT2D eigenvalue weighted by Crippen LogP contribution is -2.22. The van der Waals surface area contributed by atoms with E-state index in [4.69, 9.17) is 12.9 Å². The van der Waals surface area contributed by atoms with Crippen molar-refractivity contribution in [1.29, 1.82) is 0 Å². The molecular formula is C58H40O3P2. The molecule has 300 valence electrons. The minimum Gasteiger partial charge on any atom is -0.390 e. The summed E-state index contributed by atoms with van der Waals surface area (Å²) in [7, 11) is -3.06. The van der Waals surface area contributed by atoms with E-state index in [-0.39, 0.29) is 0 Å². The maximum absolute atomic E-state index is 7.27. The van der Waals surface area contributed by atoms with E-state index in [9.17, 15) is 0 Å². The summed E-state index contributed by atoms with van der Waals surface area (Å²) in [4.78, 5) is 0. The molecule has 10 aromatic carbocycles. The van der Waals surface area contributed by atoms with E-state index >= 15 is 0 Å². The summed E-state index contributed by atoms with van der Waals surface area (Å²) in [5.74, 6) is 0.673. The predicted molar refractivity (Wildman–Crippen MR) is 273 cm³/mol. The molecule has 0 spiro atoms. The standard InChI is InChI=1S/C58H40O3P2/c1-4-38-21-28-48-42(35-38)24-31-51-55(48)56-49-29-22-39(5-2)36-43(49)25-32-52(56)60-63(59-51)61-53-33-26-44-37-40(6-3)23-30-50(44)57(53)58-47-20-14-13-15-41(47)27-34-54(58)62(45-16-9-7-10-17-45)46-18-11-8-12-19-46/h4-37H,1-3H2. The average Bonchev–Trinajstić information content (AvgIpc) is 3.51. The van der Waals surface area contributed by atoms with Gasteiger partial charge in [0.15, 0.2) is 0 Å². The lowest BCUT2D eigenvalue weighted by atomic mass is 9.92. The van der Waals surface area contributed by atoms with Gasteiger partial charge in [0.05, 0.1) is 0 Å². The van der Waals surface area contributed by atoms with E-state index in [1.807, 2.05) is 30.4 Å². The van der Waals surface area contributed by atoms with E-state index in [0.717, 1.165) is 81.7 Å². The first-order valence-corrected chi connectivity index (χ1v) is 23.4. The number of rotatable bonds is 9. The second-order valence-corrected chi connectivity index (χ2v) is 18.7. The highest BCUT2D eigenvalue weighted by Crippen LogP contribution is 2.49. The minimum absolute atomic E-state index is 0.673. The van der Waals surface area contributed by atoms with Crippen LogP contribution in [0.25, 0.3) is 94.4 Å². The summed E-state index contributed by atoms with van der Waals surface area (Å²) in [6.45, 7) is 12.2. The van der Waals surface area contributed by atoms with Crippen molar-refractivity contribution < 1.29 is 12.9 Å². The third-order valence-electron chi connectivity index (χ3n) is 11.9. The van der Waals surface area contributed by atoms with E-state index < -0.39 is 16.2 Å². The fourth-order valence-electron chi connectivity index (χ4n) is 8.95. The Morgan fingerprint density at radius 3 is 1.43 bits per heavy atom. The van der Waals surface area contributed by atoms with Crippen molar-refractivity contribution in [2.75, 3.05) is 0 Å². The topological polar surface area (TPSA) is 35.5 Å². The van der Waals surface area contributed by atoms with Gasteiger partial charge in [-0.05, 0) is 120 Å². The molecule has 0 unspecified atom stereocenters. The summed E-state index contributed by atoms with van der Waals surface area (Å²) in [5.41, 5.74) is 6.64. The summed E-state index contributed by atoms with van der Waals surface area (Å²) in [6, 6.07) is 66.9. The molecule has 11 rings (SSSR count). The summed E-state index contributed by atoms with van der Waals surface area (Å²) in [5, 5.41) is 14.4. The molecule has 0 fully saturated rings. The molecule has 1 heterocycles. The molecule has 0 atom stereocenters. The van der Waals surface area contributed by atoms with Gasteiger partial charge in [0, 0.05) is 21.9 Å². The number of hydrogen-bond donors (Lipinski definition) is 0. The number of hydrogen-bond acceptors (Lipinski definition) is 3. The van der Waals surface area contributed by atoms with Crippen molar-refractivity contribution in [3.63, 3.8) is 0 Å². The van der Waals surface area contributed by atoms with Gasteiger partial charge in [-0.3, -0.25) is 0 Å². The molecule has 0 aliphatic rings. The van der Waals surface area contributed by atoms with E-state index in [1.54, 1.807) is 0 Å². The molecule has 11 aromatic rings. The van der Waals surface area contributed by atoms with Crippen molar-refractivity contribution in [3.8, 4) is 16.9 Å². The van der Waals surface area contributed by atoms with E-state index in [1.165, 1.54) is 15.9 Å². The van der Waals surface area contributed by atoms with Crippen molar-refractivity contribution in [2.24, 2.45) is 0 Å². The van der Waals surface area contributed by atoms with Crippen LogP contribution in [0.1, 0.15) is 16.7 Å². The summed E-state index contributed by atoms with van der Waals surface area (Å²) in [6.07, 6.45) is 5.65. The Balaban J connectivity index is 1.23. The second-order valence-electron chi connectivity index (χ2n) is 15.6. The van der Waals surface area contributed by atoms with Gasteiger partial charge in [-0.2, -0.15) is 0 Å². The van der Waals surface area contributed by atoms with Crippen LogP contribution in [-0.2, 0) is 0 Å². The van der Waals surface area contributed by atoms with Crippen LogP contribution in [-0.4, -0.2) is 0 Å². The van der Waals surface area contributed by atoms with Crippen LogP contribution in [0.5, 0.6) is 5.75 Å². The Morgan fingerprint density at radius 2 is 0.873 bits per heavy atom. The quantitative estimate of drug-likeness (QED) is 0.136. The minimum atomic E-state index is -2.05. The molecule has 0 aliphatic carbocycles. The first-order valence-electron chi connectivity index (χ1n) is 20.9. The molecule has 0 radical (unpaired) electrons. The summed E-state index contributed by atoms with van der Waals surface area (Å²) >= 11 is 0. The van der Waals surface area contributed by atoms with Crippen LogP contribution in [0.4, 0.5) is 0 Å². The fraction of sp³-hybridized carbons (Fsp3) is 0. The predicted octanol–water partition coefficient (Wildman–Crippen LogP) is 16.1. The molecule has 0 aliphatic heterocycles. The molecule has 0 amide bonds. The SMILES string of the molecule is C=Cc1ccc2c(-c3c(P(c4ccccc4)c4ccccc4)ccc4ccccc34)c(Op3oc4ccc5cc(C=C)ccc5c4c4c(ccc5cc(C=C)ccc54)o3)ccc2c1.